The molecule has 0 aliphatic heterocycles. The van der Waals surface area contributed by atoms with E-state index < -0.39 is 0 Å². The van der Waals surface area contributed by atoms with Crippen LogP contribution in [0.3, 0.4) is 0 Å². The lowest BCUT2D eigenvalue weighted by Crippen LogP contribution is -2.17. The molecule has 0 spiro atoms. The van der Waals surface area contributed by atoms with Crippen LogP contribution in [0.15, 0.2) is 65.7 Å². The van der Waals surface area contributed by atoms with Gasteiger partial charge in [0.25, 0.3) is 0 Å². The number of para-hydroxylation sites is 1. The standard InChI is InChI=1S/C19H18N2O2S/c1-14-17(18(22)23-2)24-19(20-16-11-7-4-8-12-16)21(14)13-15-9-5-3-6-10-15/h3-12H,13H2,1-2H3. The Morgan fingerprint density at radius 3 is 2.33 bits per heavy atom. The van der Waals surface area contributed by atoms with Crippen molar-refractivity contribution in [3.63, 3.8) is 0 Å². The Hall–Kier alpha value is -2.66. The van der Waals surface area contributed by atoms with E-state index in [1.807, 2.05) is 55.5 Å². The molecule has 0 aliphatic carbocycles. The molecule has 5 heteroatoms. The normalized spacial score (nSPS) is 11.5. The summed E-state index contributed by atoms with van der Waals surface area (Å²) < 4.78 is 6.96. The number of aromatic nitrogens is 1. The van der Waals surface area contributed by atoms with Gasteiger partial charge in [-0.15, -0.1) is 0 Å². The minimum atomic E-state index is -0.325. The first kappa shape index (κ1) is 16.2. The summed E-state index contributed by atoms with van der Waals surface area (Å²) in [4.78, 5) is 18.1. The van der Waals surface area contributed by atoms with Crippen molar-refractivity contribution >= 4 is 23.0 Å². The summed E-state index contributed by atoms with van der Waals surface area (Å²) in [6.45, 7) is 2.58. The minimum Gasteiger partial charge on any atom is -0.465 e. The molecule has 122 valence electrons. The molecule has 2 aromatic carbocycles. The monoisotopic (exact) mass is 338 g/mol. The lowest BCUT2D eigenvalue weighted by Gasteiger charge is -2.07. The van der Waals surface area contributed by atoms with Gasteiger partial charge in [0.05, 0.1) is 19.3 Å². The summed E-state index contributed by atoms with van der Waals surface area (Å²) in [6, 6.07) is 19.9. The minimum absolute atomic E-state index is 0.325. The van der Waals surface area contributed by atoms with Crippen LogP contribution < -0.4 is 4.80 Å². The van der Waals surface area contributed by atoms with Crippen molar-refractivity contribution in [1.29, 1.82) is 0 Å². The number of rotatable bonds is 4. The fourth-order valence-electron chi connectivity index (χ4n) is 2.42. The highest BCUT2D eigenvalue weighted by Crippen LogP contribution is 2.17. The van der Waals surface area contributed by atoms with Gasteiger partial charge in [-0.25, -0.2) is 9.79 Å². The number of carbonyl (C=O) groups is 1. The van der Waals surface area contributed by atoms with Gasteiger partial charge in [0.15, 0.2) is 4.80 Å². The highest BCUT2D eigenvalue weighted by atomic mass is 32.1. The SMILES string of the molecule is COC(=O)c1sc(=Nc2ccccc2)n(Cc2ccccc2)c1C. The van der Waals surface area contributed by atoms with Gasteiger partial charge >= 0.3 is 5.97 Å². The first-order valence-electron chi connectivity index (χ1n) is 7.61. The molecule has 0 amide bonds. The van der Waals surface area contributed by atoms with E-state index >= 15 is 0 Å². The lowest BCUT2D eigenvalue weighted by molar-refractivity contribution is 0.0605. The number of hydrogen-bond donors (Lipinski definition) is 0. The Labute approximate surface area is 144 Å². The summed E-state index contributed by atoms with van der Waals surface area (Å²) >= 11 is 1.35. The molecule has 1 heterocycles. The van der Waals surface area contributed by atoms with Crippen LogP contribution in [-0.4, -0.2) is 17.6 Å². The zero-order chi connectivity index (χ0) is 16.9. The predicted octanol–water partition coefficient (Wildman–Crippen LogP) is 3.93. The average Bonchev–Trinajstić information content (AvgIpc) is 2.92. The number of carbonyl (C=O) groups excluding carboxylic acids is 1. The van der Waals surface area contributed by atoms with Crippen molar-refractivity contribution in [2.75, 3.05) is 7.11 Å². The Morgan fingerprint density at radius 2 is 1.71 bits per heavy atom. The van der Waals surface area contributed by atoms with Gasteiger partial charge in [0.1, 0.15) is 4.88 Å². The Kier molecular flexibility index (Phi) is 4.91. The molecule has 1 aromatic heterocycles. The molecule has 0 atom stereocenters. The van der Waals surface area contributed by atoms with E-state index in [0.29, 0.717) is 11.4 Å². The molecule has 3 rings (SSSR count). The van der Waals surface area contributed by atoms with Crippen LogP contribution >= 0.6 is 11.3 Å². The third kappa shape index (κ3) is 3.46. The predicted molar refractivity (Wildman–Crippen MR) is 95.6 cm³/mol. The largest absolute Gasteiger partial charge is 0.465 e. The molecule has 0 aliphatic rings. The summed E-state index contributed by atoms with van der Waals surface area (Å²) in [5.41, 5.74) is 2.88. The number of esters is 1. The van der Waals surface area contributed by atoms with Crippen molar-refractivity contribution in [2.24, 2.45) is 4.99 Å². The third-order valence-corrected chi connectivity index (χ3v) is 4.85. The van der Waals surface area contributed by atoms with E-state index in [0.717, 1.165) is 21.7 Å². The summed E-state index contributed by atoms with van der Waals surface area (Å²) in [5, 5.41) is 0. The second kappa shape index (κ2) is 7.27. The van der Waals surface area contributed by atoms with Crippen molar-refractivity contribution in [1.82, 2.24) is 4.57 Å². The zero-order valence-corrected chi connectivity index (χ0v) is 14.4. The van der Waals surface area contributed by atoms with Gasteiger partial charge in [0.2, 0.25) is 0 Å². The molecule has 4 nitrogen and oxygen atoms in total. The van der Waals surface area contributed by atoms with Crippen molar-refractivity contribution in [3.05, 3.63) is 81.6 Å². The van der Waals surface area contributed by atoms with E-state index in [1.54, 1.807) is 0 Å². The van der Waals surface area contributed by atoms with Crippen LogP contribution in [0.1, 0.15) is 20.9 Å². The molecule has 0 fully saturated rings. The maximum Gasteiger partial charge on any atom is 0.349 e. The van der Waals surface area contributed by atoms with Gasteiger partial charge in [-0.3, -0.25) is 0 Å². The van der Waals surface area contributed by atoms with Crippen LogP contribution in [0.25, 0.3) is 0 Å². The Balaban J connectivity index is 2.12. The van der Waals surface area contributed by atoms with E-state index in [-0.39, 0.29) is 5.97 Å². The second-order valence-electron chi connectivity index (χ2n) is 5.31. The highest BCUT2D eigenvalue weighted by molar-refractivity contribution is 7.11. The molecule has 0 saturated carbocycles. The number of methoxy groups -OCH3 is 1. The number of hydrogen-bond acceptors (Lipinski definition) is 4. The van der Waals surface area contributed by atoms with Crippen molar-refractivity contribution in [2.45, 2.75) is 13.5 Å². The average molecular weight is 338 g/mol. The molecule has 0 unspecified atom stereocenters. The van der Waals surface area contributed by atoms with Crippen LogP contribution in [0.5, 0.6) is 0 Å². The van der Waals surface area contributed by atoms with E-state index in [4.69, 9.17) is 9.73 Å². The Bertz CT molecular complexity index is 896. The van der Waals surface area contributed by atoms with Gasteiger partial charge in [-0.1, -0.05) is 59.9 Å². The fraction of sp³-hybridized carbons (Fsp3) is 0.158. The van der Waals surface area contributed by atoms with E-state index in [1.165, 1.54) is 18.4 Å². The topological polar surface area (TPSA) is 43.6 Å². The molecule has 0 radical (unpaired) electrons. The molecule has 24 heavy (non-hydrogen) atoms. The second-order valence-corrected chi connectivity index (χ2v) is 6.29. The lowest BCUT2D eigenvalue weighted by atomic mass is 10.2. The number of ether oxygens (including phenoxy) is 1. The molecule has 3 aromatic rings. The van der Waals surface area contributed by atoms with E-state index in [9.17, 15) is 4.79 Å². The fourth-order valence-corrected chi connectivity index (χ4v) is 3.49. The molecule has 0 saturated heterocycles. The van der Waals surface area contributed by atoms with Crippen molar-refractivity contribution in [3.8, 4) is 0 Å². The Morgan fingerprint density at radius 1 is 1.08 bits per heavy atom. The number of thiazole rings is 1. The number of benzene rings is 2. The summed E-state index contributed by atoms with van der Waals surface area (Å²) in [5.74, 6) is -0.325. The van der Waals surface area contributed by atoms with Crippen LogP contribution in [0, 0.1) is 6.92 Å². The van der Waals surface area contributed by atoms with Gasteiger partial charge < -0.3 is 9.30 Å². The smallest absolute Gasteiger partial charge is 0.349 e. The number of nitrogens with zero attached hydrogens (tertiary/aromatic N) is 2. The summed E-state index contributed by atoms with van der Waals surface area (Å²) in [7, 11) is 1.40. The van der Waals surface area contributed by atoms with Gasteiger partial charge in [-0.05, 0) is 24.6 Å². The first-order chi connectivity index (χ1) is 11.7. The van der Waals surface area contributed by atoms with Gasteiger partial charge in [0, 0.05) is 5.69 Å². The van der Waals surface area contributed by atoms with E-state index in [2.05, 4.69) is 16.7 Å². The van der Waals surface area contributed by atoms with Crippen LogP contribution in [0.2, 0.25) is 0 Å². The molecule has 0 bridgehead atoms. The van der Waals surface area contributed by atoms with Crippen LogP contribution in [-0.2, 0) is 11.3 Å². The van der Waals surface area contributed by atoms with Crippen LogP contribution in [0.4, 0.5) is 5.69 Å². The maximum absolute atomic E-state index is 12.0. The third-order valence-electron chi connectivity index (χ3n) is 3.69. The zero-order valence-electron chi connectivity index (χ0n) is 13.6. The molecule has 0 N–H and O–H groups in total. The first-order valence-corrected chi connectivity index (χ1v) is 8.43. The molecular weight excluding hydrogens is 320 g/mol. The quantitative estimate of drug-likeness (QED) is 0.677. The molecular formula is C19H18N2O2S. The van der Waals surface area contributed by atoms with Gasteiger partial charge in [-0.2, -0.15) is 0 Å². The maximum atomic E-state index is 12.0. The van der Waals surface area contributed by atoms with Crippen molar-refractivity contribution < 1.29 is 9.53 Å². The summed E-state index contributed by atoms with van der Waals surface area (Å²) in [6.07, 6.45) is 0. The highest BCUT2D eigenvalue weighted by Gasteiger charge is 2.17.